The molecule has 1 aromatic rings. The van der Waals surface area contributed by atoms with E-state index < -0.39 is 6.09 Å². The Hall–Kier alpha value is -1.75. The topological polar surface area (TPSA) is 50.8 Å². The van der Waals surface area contributed by atoms with E-state index >= 15 is 0 Å². The Bertz CT molecular complexity index is 473. The molecule has 22 heavy (non-hydrogen) atoms. The van der Waals surface area contributed by atoms with E-state index in [2.05, 4.69) is 17.1 Å². The molecule has 0 spiro atoms. The molecule has 1 amide bonds. The second-order valence-corrected chi connectivity index (χ2v) is 5.72. The Morgan fingerprint density at radius 2 is 2.14 bits per heavy atom. The standard InChI is InChI=1S/C17H26N2O3/c1-3-11-21-16-8-6-7-15(12-16)18-17(20)22-14(2)13-19-9-4-5-10-19/h6-8,12,14H,3-5,9-11,13H2,1-2H3,(H,18,20). The largest absolute Gasteiger partial charge is 0.494 e. The van der Waals surface area contributed by atoms with E-state index in [1.165, 1.54) is 12.8 Å². The maximum Gasteiger partial charge on any atom is 0.411 e. The molecule has 5 nitrogen and oxygen atoms in total. The average Bonchev–Trinajstić information content (AvgIpc) is 2.98. The summed E-state index contributed by atoms with van der Waals surface area (Å²) in [6, 6.07) is 7.36. The number of hydrogen-bond acceptors (Lipinski definition) is 4. The van der Waals surface area contributed by atoms with Crippen molar-refractivity contribution in [2.24, 2.45) is 0 Å². The monoisotopic (exact) mass is 306 g/mol. The number of hydrogen-bond donors (Lipinski definition) is 1. The first kappa shape index (κ1) is 16.6. The molecular formula is C17H26N2O3. The lowest BCUT2D eigenvalue weighted by Gasteiger charge is -2.20. The third-order valence-electron chi connectivity index (χ3n) is 3.58. The van der Waals surface area contributed by atoms with Gasteiger partial charge in [0.05, 0.1) is 6.61 Å². The fraction of sp³-hybridized carbons (Fsp3) is 0.588. The van der Waals surface area contributed by atoms with Crippen molar-refractivity contribution in [2.75, 3.05) is 31.6 Å². The van der Waals surface area contributed by atoms with Gasteiger partial charge in [-0.1, -0.05) is 13.0 Å². The lowest BCUT2D eigenvalue weighted by atomic mass is 10.3. The number of rotatable bonds is 7. The van der Waals surface area contributed by atoms with Crippen LogP contribution in [0.5, 0.6) is 5.75 Å². The van der Waals surface area contributed by atoms with Gasteiger partial charge in [0, 0.05) is 18.3 Å². The molecule has 5 heteroatoms. The van der Waals surface area contributed by atoms with E-state index in [4.69, 9.17) is 9.47 Å². The van der Waals surface area contributed by atoms with E-state index in [9.17, 15) is 4.79 Å². The van der Waals surface area contributed by atoms with Gasteiger partial charge in [-0.3, -0.25) is 10.2 Å². The Kier molecular flexibility index (Phi) is 6.52. The zero-order valence-corrected chi connectivity index (χ0v) is 13.5. The molecule has 0 radical (unpaired) electrons. The highest BCUT2D eigenvalue weighted by atomic mass is 16.6. The van der Waals surface area contributed by atoms with Crippen molar-refractivity contribution in [3.05, 3.63) is 24.3 Å². The third-order valence-corrected chi connectivity index (χ3v) is 3.58. The van der Waals surface area contributed by atoms with Crippen LogP contribution in [-0.4, -0.2) is 43.3 Å². The van der Waals surface area contributed by atoms with Gasteiger partial charge < -0.3 is 9.47 Å². The summed E-state index contributed by atoms with van der Waals surface area (Å²) in [6.07, 6.45) is 2.90. The first-order valence-corrected chi connectivity index (χ1v) is 8.10. The zero-order valence-electron chi connectivity index (χ0n) is 13.5. The van der Waals surface area contributed by atoms with Crippen LogP contribution >= 0.6 is 0 Å². The minimum atomic E-state index is -0.417. The van der Waals surface area contributed by atoms with E-state index in [-0.39, 0.29) is 6.10 Å². The zero-order chi connectivity index (χ0) is 15.8. The summed E-state index contributed by atoms with van der Waals surface area (Å²) in [5, 5.41) is 2.75. The molecule has 1 unspecified atom stereocenters. The van der Waals surface area contributed by atoms with Crippen LogP contribution in [0.15, 0.2) is 24.3 Å². The number of carbonyl (C=O) groups is 1. The quantitative estimate of drug-likeness (QED) is 0.837. The van der Waals surface area contributed by atoms with Crippen LogP contribution in [0, 0.1) is 0 Å². The molecule has 1 heterocycles. The van der Waals surface area contributed by atoms with E-state index in [0.717, 1.165) is 31.8 Å². The van der Waals surface area contributed by atoms with Crippen molar-refractivity contribution in [1.82, 2.24) is 4.90 Å². The van der Waals surface area contributed by atoms with Crippen molar-refractivity contribution in [2.45, 2.75) is 39.2 Å². The SMILES string of the molecule is CCCOc1cccc(NC(=O)OC(C)CN2CCCC2)c1. The number of benzene rings is 1. The molecule has 0 aromatic heterocycles. The van der Waals surface area contributed by atoms with Gasteiger partial charge in [-0.2, -0.15) is 0 Å². The Morgan fingerprint density at radius 1 is 1.36 bits per heavy atom. The van der Waals surface area contributed by atoms with Crippen molar-refractivity contribution in [3.63, 3.8) is 0 Å². The maximum atomic E-state index is 11.9. The van der Waals surface area contributed by atoms with Gasteiger partial charge >= 0.3 is 6.09 Å². The molecule has 0 saturated carbocycles. The number of nitrogens with one attached hydrogen (secondary N) is 1. The summed E-state index contributed by atoms with van der Waals surface area (Å²) < 4.78 is 11.0. The van der Waals surface area contributed by atoms with Crippen LogP contribution in [0.4, 0.5) is 10.5 Å². The third kappa shape index (κ3) is 5.56. The molecule has 1 fully saturated rings. The molecule has 122 valence electrons. The Balaban J connectivity index is 1.78. The molecule has 1 aliphatic rings. The maximum absolute atomic E-state index is 11.9. The second kappa shape index (κ2) is 8.63. The van der Waals surface area contributed by atoms with Crippen molar-refractivity contribution in [1.29, 1.82) is 0 Å². The number of ether oxygens (including phenoxy) is 2. The fourth-order valence-electron chi connectivity index (χ4n) is 2.58. The van der Waals surface area contributed by atoms with Gasteiger partial charge in [0.25, 0.3) is 0 Å². The second-order valence-electron chi connectivity index (χ2n) is 5.72. The summed E-state index contributed by atoms with van der Waals surface area (Å²) in [6.45, 7) is 7.66. The summed E-state index contributed by atoms with van der Waals surface area (Å²) >= 11 is 0. The molecule has 0 bridgehead atoms. The smallest absolute Gasteiger partial charge is 0.411 e. The highest BCUT2D eigenvalue weighted by Crippen LogP contribution is 2.18. The molecule has 1 aromatic carbocycles. The van der Waals surface area contributed by atoms with Gasteiger partial charge in [0.1, 0.15) is 11.9 Å². The summed E-state index contributed by atoms with van der Waals surface area (Å²) in [4.78, 5) is 14.3. The van der Waals surface area contributed by atoms with Crippen molar-refractivity contribution < 1.29 is 14.3 Å². The fourth-order valence-corrected chi connectivity index (χ4v) is 2.58. The Labute approximate surface area is 132 Å². The van der Waals surface area contributed by atoms with Crippen LogP contribution in [0.25, 0.3) is 0 Å². The number of amides is 1. The van der Waals surface area contributed by atoms with Crippen molar-refractivity contribution >= 4 is 11.8 Å². The van der Waals surface area contributed by atoms with Crippen LogP contribution in [0.2, 0.25) is 0 Å². The average molecular weight is 306 g/mol. The summed E-state index contributed by atoms with van der Waals surface area (Å²) in [7, 11) is 0. The van der Waals surface area contributed by atoms with Gasteiger partial charge in [0.15, 0.2) is 0 Å². The number of anilines is 1. The lowest BCUT2D eigenvalue weighted by molar-refractivity contribution is 0.0967. The van der Waals surface area contributed by atoms with Gasteiger partial charge in [0.2, 0.25) is 0 Å². The molecule has 1 N–H and O–H groups in total. The predicted octanol–water partition coefficient (Wildman–Crippen LogP) is 3.51. The summed E-state index contributed by atoms with van der Waals surface area (Å²) in [5.74, 6) is 0.754. The van der Waals surface area contributed by atoms with Crippen LogP contribution in [0.1, 0.15) is 33.1 Å². The highest BCUT2D eigenvalue weighted by Gasteiger charge is 2.17. The number of likely N-dealkylation sites (tertiary alicyclic amines) is 1. The Morgan fingerprint density at radius 3 is 2.86 bits per heavy atom. The highest BCUT2D eigenvalue weighted by molar-refractivity contribution is 5.84. The first-order chi connectivity index (χ1) is 10.7. The van der Waals surface area contributed by atoms with Gasteiger partial charge in [-0.05, 0) is 51.4 Å². The van der Waals surface area contributed by atoms with Crippen LogP contribution in [0.3, 0.4) is 0 Å². The molecule has 1 aliphatic heterocycles. The van der Waals surface area contributed by atoms with Gasteiger partial charge in [-0.15, -0.1) is 0 Å². The first-order valence-electron chi connectivity index (χ1n) is 8.10. The normalized spacial score (nSPS) is 16.3. The molecule has 1 saturated heterocycles. The van der Waals surface area contributed by atoms with Crippen LogP contribution in [-0.2, 0) is 4.74 Å². The molecule has 1 atom stereocenters. The van der Waals surface area contributed by atoms with Crippen LogP contribution < -0.4 is 10.1 Å². The number of nitrogens with zero attached hydrogens (tertiary/aromatic N) is 1. The van der Waals surface area contributed by atoms with E-state index in [1.807, 2.05) is 31.2 Å². The molecule has 0 aliphatic carbocycles. The van der Waals surface area contributed by atoms with Gasteiger partial charge in [-0.25, -0.2) is 4.79 Å². The predicted molar refractivity (Wildman–Crippen MR) is 87.5 cm³/mol. The van der Waals surface area contributed by atoms with Crippen molar-refractivity contribution in [3.8, 4) is 5.75 Å². The molecular weight excluding hydrogens is 280 g/mol. The number of carbonyl (C=O) groups excluding carboxylic acids is 1. The minimum absolute atomic E-state index is 0.113. The summed E-state index contributed by atoms with van der Waals surface area (Å²) in [5.41, 5.74) is 0.687. The minimum Gasteiger partial charge on any atom is -0.494 e. The van der Waals surface area contributed by atoms with E-state index in [1.54, 1.807) is 0 Å². The molecule has 2 rings (SSSR count). The van der Waals surface area contributed by atoms with E-state index in [0.29, 0.717) is 12.3 Å². The lowest BCUT2D eigenvalue weighted by Crippen LogP contribution is -2.32.